The van der Waals surface area contributed by atoms with Gasteiger partial charge in [0.2, 0.25) is 5.91 Å². The largest absolute Gasteiger partial charge is 0.352 e. The van der Waals surface area contributed by atoms with Crippen LogP contribution in [0.1, 0.15) is 25.7 Å². The van der Waals surface area contributed by atoms with Gasteiger partial charge in [-0.3, -0.25) is 9.59 Å². The lowest BCUT2D eigenvalue weighted by Crippen LogP contribution is -2.46. The molecule has 0 unspecified atom stereocenters. The molecule has 4 rings (SSSR count). The van der Waals surface area contributed by atoms with Crippen LogP contribution in [-0.4, -0.2) is 40.5 Å². The molecule has 2 fully saturated rings. The lowest BCUT2D eigenvalue weighted by Gasteiger charge is -2.32. The Morgan fingerprint density at radius 3 is 2.74 bits per heavy atom. The summed E-state index contributed by atoms with van der Waals surface area (Å²) in [6, 6.07) is 4.55. The van der Waals surface area contributed by atoms with Crippen LogP contribution in [0.2, 0.25) is 0 Å². The minimum Gasteiger partial charge on any atom is -0.352 e. The minimum absolute atomic E-state index is 0.0270. The van der Waals surface area contributed by atoms with Crippen molar-refractivity contribution in [3.63, 3.8) is 0 Å². The third-order valence-electron chi connectivity index (χ3n) is 4.86. The van der Waals surface area contributed by atoms with Gasteiger partial charge in [0, 0.05) is 37.4 Å². The third kappa shape index (κ3) is 3.19. The van der Waals surface area contributed by atoms with Gasteiger partial charge in [-0.15, -0.1) is 11.3 Å². The maximum absolute atomic E-state index is 12.3. The van der Waals surface area contributed by atoms with E-state index in [1.54, 1.807) is 12.3 Å². The highest BCUT2D eigenvalue weighted by Crippen LogP contribution is 2.29. The molecule has 3 heterocycles. The van der Waals surface area contributed by atoms with Gasteiger partial charge in [0.05, 0.1) is 10.2 Å². The van der Waals surface area contributed by atoms with Gasteiger partial charge in [-0.05, 0) is 37.1 Å². The minimum atomic E-state index is 0.0270. The van der Waals surface area contributed by atoms with Gasteiger partial charge in [0.1, 0.15) is 6.54 Å². The van der Waals surface area contributed by atoms with Crippen LogP contribution in [0.5, 0.6) is 0 Å². The second-order valence-corrected chi connectivity index (χ2v) is 7.47. The van der Waals surface area contributed by atoms with Crippen molar-refractivity contribution in [2.75, 3.05) is 13.1 Å². The zero-order valence-electron chi connectivity index (χ0n) is 13.0. The van der Waals surface area contributed by atoms with Gasteiger partial charge < -0.3 is 14.8 Å². The van der Waals surface area contributed by atoms with Gasteiger partial charge in [0.25, 0.3) is 0 Å². The Kier molecular flexibility index (Phi) is 3.95. The van der Waals surface area contributed by atoms with E-state index in [0.29, 0.717) is 0 Å². The summed E-state index contributed by atoms with van der Waals surface area (Å²) in [5.41, 5.74) is 0.875. The number of carbonyl (C=O) groups excluding carboxylic acids is 1. The molecule has 0 bridgehead atoms. The molecule has 122 valence electrons. The molecule has 1 N–H and O–H groups in total. The second-order valence-electron chi connectivity index (χ2n) is 6.55. The zero-order valence-corrected chi connectivity index (χ0v) is 13.8. The fraction of sp³-hybridized carbons (Fsp3) is 0.529. The summed E-state index contributed by atoms with van der Waals surface area (Å²) in [7, 11) is 0. The summed E-state index contributed by atoms with van der Waals surface area (Å²) in [4.78, 5) is 26.7. The molecule has 2 aromatic rings. The van der Waals surface area contributed by atoms with Gasteiger partial charge in [0.15, 0.2) is 5.43 Å². The van der Waals surface area contributed by atoms with Gasteiger partial charge >= 0.3 is 0 Å². The molecule has 0 aromatic carbocycles. The second kappa shape index (κ2) is 6.09. The number of thiophene rings is 1. The fourth-order valence-corrected chi connectivity index (χ4v) is 4.26. The smallest absolute Gasteiger partial charge is 0.240 e. The molecule has 1 aliphatic carbocycles. The van der Waals surface area contributed by atoms with Crippen LogP contribution in [0.4, 0.5) is 0 Å². The Labute approximate surface area is 138 Å². The summed E-state index contributed by atoms with van der Waals surface area (Å²) in [6.45, 7) is 2.47. The van der Waals surface area contributed by atoms with Crippen LogP contribution in [0.25, 0.3) is 10.2 Å². The lowest BCUT2D eigenvalue weighted by molar-refractivity contribution is -0.122. The van der Waals surface area contributed by atoms with Crippen LogP contribution < -0.4 is 10.7 Å². The maximum Gasteiger partial charge on any atom is 0.240 e. The van der Waals surface area contributed by atoms with Crippen LogP contribution in [0.3, 0.4) is 0 Å². The summed E-state index contributed by atoms with van der Waals surface area (Å²) in [6.07, 6.45) is 6.49. The average Bonchev–Trinajstić information content (AvgIpc) is 3.27. The van der Waals surface area contributed by atoms with E-state index >= 15 is 0 Å². The molecule has 23 heavy (non-hydrogen) atoms. The van der Waals surface area contributed by atoms with Crippen molar-refractivity contribution in [3.05, 3.63) is 33.9 Å². The number of rotatable bonds is 4. The van der Waals surface area contributed by atoms with E-state index in [4.69, 9.17) is 0 Å². The number of aromatic nitrogens is 1. The Bertz CT molecular complexity index is 769. The van der Waals surface area contributed by atoms with E-state index in [9.17, 15) is 9.59 Å². The summed E-state index contributed by atoms with van der Waals surface area (Å²) in [5, 5.41) is 5.05. The van der Waals surface area contributed by atoms with Gasteiger partial charge in [-0.2, -0.15) is 0 Å². The van der Waals surface area contributed by atoms with Crippen LogP contribution >= 0.6 is 11.3 Å². The number of likely N-dealkylation sites (tertiary alicyclic amines) is 1. The molecule has 1 amide bonds. The van der Waals surface area contributed by atoms with Gasteiger partial charge in [-0.1, -0.05) is 0 Å². The number of hydrogen-bond acceptors (Lipinski definition) is 4. The quantitative estimate of drug-likeness (QED) is 0.929. The van der Waals surface area contributed by atoms with Crippen molar-refractivity contribution < 1.29 is 4.79 Å². The monoisotopic (exact) mass is 331 g/mol. The molecule has 1 aliphatic heterocycles. The van der Waals surface area contributed by atoms with Crippen molar-refractivity contribution in [2.45, 2.75) is 44.3 Å². The Hall–Kier alpha value is -1.66. The maximum atomic E-state index is 12.3. The first-order chi connectivity index (χ1) is 11.2. The first-order valence-corrected chi connectivity index (χ1v) is 9.19. The van der Waals surface area contributed by atoms with E-state index in [2.05, 4.69) is 10.2 Å². The molecule has 6 heteroatoms. The molecule has 5 nitrogen and oxygen atoms in total. The topological polar surface area (TPSA) is 54.3 Å². The standard InChI is InChI=1S/C17H21N3O2S/c21-15-5-9-20(14-6-10-23-17(14)15)11-16(22)18-12-3-7-19(8-4-12)13-1-2-13/h5-6,9-10,12-13H,1-4,7-8,11H2,(H,18,22). The van der Waals surface area contributed by atoms with Crippen molar-refractivity contribution in [3.8, 4) is 0 Å². The summed E-state index contributed by atoms with van der Waals surface area (Å²) in [5.74, 6) is 0.0334. The highest BCUT2D eigenvalue weighted by Gasteiger charge is 2.32. The molecule has 1 saturated carbocycles. The summed E-state index contributed by atoms with van der Waals surface area (Å²) < 4.78 is 2.58. The molecule has 0 atom stereocenters. The highest BCUT2D eigenvalue weighted by molar-refractivity contribution is 7.17. The molecule has 2 aliphatic rings. The molecule has 0 spiro atoms. The van der Waals surface area contributed by atoms with Crippen molar-refractivity contribution in [1.82, 2.24) is 14.8 Å². The third-order valence-corrected chi connectivity index (χ3v) is 5.77. The lowest BCUT2D eigenvalue weighted by atomic mass is 10.0. The van der Waals surface area contributed by atoms with E-state index in [0.717, 1.165) is 42.2 Å². The fourth-order valence-electron chi connectivity index (χ4n) is 3.44. The molecular weight excluding hydrogens is 310 g/mol. The molecule has 1 saturated heterocycles. The normalized spacial score (nSPS) is 20.0. The van der Waals surface area contributed by atoms with E-state index < -0.39 is 0 Å². The van der Waals surface area contributed by atoms with E-state index in [1.807, 2.05) is 16.0 Å². The van der Waals surface area contributed by atoms with Crippen molar-refractivity contribution in [1.29, 1.82) is 0 Å². The first kappa shape index (κ1) is 14.9. The molecule has 0 radical (unpaired) electrons. The Morgan fingerprint density at radius 1 is 1.22 bits per heavy atom. The van der Waals surface area contributed by atoms with Crippen LogP contribution in [0, 0.1) is 0 Å². The molecule has 2 aromatic heterocycles. The van der Waals surface area contributed by atoms with Gasteiger partial charge in [-0.25, -0.2) is 0 Å². The summed E-state index contributed by atoms with van der Waals surface area (Å²) >= 11 is 1.43. The number of nitrogens with zero attached hydrogens (tertiary/aromatic N) is 2. The number of amides is 1. The first-order valence-electron chi connectivity index (χ1n) is 8.31. The van der Waals surface area contributed by atoms with E-state index in [-0.39, 0.29) is 23.9 Å². The predicted molar refractivity (Wildman–Crippen MR) is 91.8 cm³/mol. The van der Waals surface area contributed by atoms with Crippen molar-refractivity contribution >= 4 is 27.5 Å². The number of piperidine rings is 1. The SMILES string of the molecule is O=C(Cn1ccc(=O)c2sccc21)NC1CCN(C2CC2)CC1. The van der Waals surface area contributed by atoms with E-state index in [1.165, 1.54) is 24.2 Å². The highest BCUT2D eigenvalue weighted by atomic mass is 32.1. The van der Waals surface area contributed by atoms with Crippen molar-refractivity contribution in [2.24, 2.45) is 0 Å². The number of carbonyl (C=O) groups is 1. The Balaban J connectivity index is 1.37. The van der Waals surface area contributed by atoms with Crippen LogP contribution in [-0.2, 0) is 11.3 Å². The Morgan fingerprint density at radius 2 is 2.00 bits per heavy atom. The predicted octanol–water partition coefficient (Wildman–Crippen LogP) is 1.81. The average molecular weight is 331 g/mol. The number of pyridine rings is 1. The molecular formula is C17H21N3O2S. The zero-order chi connectivity index (χ0) is 15.8. The number of nitrogens with one attached hydrogen (secondary N) is 1. The number of fused-ring (bicyclic) bond motifs is 1. The van der Waals surface area contributed by atoms with Crippen LogP contribution in [0.15, 0.2) is 28.5 Å². The number of hydrogen-bond donors (Lipinski definition) is 1.